The van der Waals surface area contributed by atoms with Gasteiger partial charge < -0.3 is 4.74 Å². The molecule has 0 aromatic rings. The molecule has 0 bridgehead atoms. The second-order valence-electron chi connectivity index (χ2n) is 9.63. The first kappa shape index (κ1) is 24.3. The van der Waals surface area contributed by atoms with Crippen LogP contribution in [0, 0.1) is 35.5 Å². The Kier molecular flexibility index (Phi) is 12.5. The summed E-state index contributed by atoms with van der Waals surface area (Å²) in [5, 5.41) is 0. The summed E-state index contributed by atoms with van der Waals surface area (Å²) in [4.78, 5) is 11.2. The van der Waals surface area contributed by atoms with E-state index in [1.165, 1.54) is 97.0 Å². The highest BCUT2D eigenvalue weighted by Crippen LogP contribution is 2.36. The summed E-state index contributed by atoms with van der Waals surface area (Å²) < 4.78 is 4.71. The topological polar surface area (TPSA) is 26.3 Å². The maximum absolute atomic E-state index is 11.2. The maximum atomic E-state index is 11.2. The molecule has 2 aliphatic rings. The highest BCUT2D eigenvalue weighted by atomic mass is 16.5. The summed E-state index contributed by atoms with van der Waals surface area (Å²) in [5.41, 5.74) is 0. The van der Waals surface area contributed by atoms with E-state index in [0.717, 1.165) is 37.0 Å². The average molecular weight is 403 g/mol. The predicted octanol–water partition coefficient (Wildman–Crippen LogP) is 7.70. The Morgan fingerprint density at radius 1 is 0.966 bits per heavy atom. The minimum atomic E-state index is -0.0687. The van der Waals surface area contributed by atoms with E-state index in [2.05, 4.69) is 18.8 Å². The molecule has 29 heavy (non-hydrogen) atoms. The SMILES string of the molecule is CCCC(CCC#C[C@H]1CCC[C@@H]1CCCCCCC(=O)OC)C1CCCCC1. The van der Waals surface area contributed by atoms with Crippen molar-refractivity contribution >= 4 is 5.97 Å². The van der Waals surface area contributed by atoms with Crippen LogP contribution >= 0.6 is 0 Å². The predicted molar refractivity (Wildman–Crippen MR) is 123 cm³/mol. The Hall–Kier alpha value is -0.970. The van der Waals surface area contributed by atoms with E-state index in [0.29, 0.717) is 12.3 Å². The quantitative estimate of drug-likeness (QED) is 0.190. The Balaban J connectivity index is 1.64. The van der Waals surface area contributed by atoms with E-state index >= 15 is 0 Å². The van der Waals surface area contributed by atoms with E-state index in [1.807, 2.05) is 0 Å². The van der Waals surface area contributed by atoms with Crippen LogP contribution in [0.15, 0.2) is 0 Å². The molecule has 0 aromatic carbocycles. The number of carbonyl (C=O) groups is 1. The van der Waals surface area contributed by atoms with Crippen molar-refractivity contribution in [1.82, 2.24) is 0 Å². The summed E-state index contributed by atoms with van der Waals surface area (Å²) in [6.45, 7) is 2.35. The molecule has 2 saturated carbocycles. The van der Waals surface area contributed by atoms with Crippen molar-refractivity contribution in [2.75, 3.05) is 7.11 Å². The van der Waals surface area contributed by atoms with Gasteiger partial charge in [0.2, 0.25) is 0 Å². The lowest BCUT2D eigenvalue weighted by Gasteiger charge is -2.29. The molecule has 0 N–H and O–H groups in total. The van der Waals surface area contributed by atoms with Crippen LogP contribution in [-0.2, 0) is 9.53 Å². The highest BCUT2D eigenvalue weighted by molar-refractivity contribution is 5.68. The largest absolute Gasteiger partial charge is 0.469 e. The molecule has 2 heteroatoms. The van der Waals surface area contributed by atoms with Crippen LogP contribution in [0.3, 0.4) is 0 Å². The van der Waals surface area contributed by atoms with Crippen LogP contribution in [-0.4, -0.2) is 13.1 Å². The first-order valence-corrected chi connectivity index (χ1v) is 12.8. The molecule has 0 spiro atoms. The fraction of sp³-hybridized carbons (Fsp3) is 0.889. The van der Waals surface area contributed by atoms with Crippen molar-refractivity contribution < 1.29 is 9.53 Å². The third kappa shape index (κ3) is 9.59. The molecule has 0 aromatic heterocycles. The number of rotatable bonds is 12. The van der Waals surface area contributed by atoms with Crippen LogP contribution in [0.4, 0.5) is 0 Å². The minimum absolute atomic E-state index is 0.0687. The normalized spacial score (nSPS) is 23.4. The van der Waals surface area contributed by atoms with Gasteiger partial charge in [0.15, 0.2) is 0 Å². The summed E-state index contributed by atoms with van der Waals surface area (Å²) in [6.07, 6.45) is 23.2. The van der Waals surface area contributed by atoms with E-state index in [9.17, 15) is 4.79 Å². The average Bonchev–Trinajstić information content (AvgIpc) is 3.20. The van der Waals surface area contributed by atoms with Crippen molar-refractivity contribution in [1.29, 1.82) is 0 Å². The van der Waals surface area contributed by atoms with Crippen LogP contribution in [0.2, 0.25) is 0 Å². The standard InChI is InChI=1S/C27H46O2/c1-3-14-23(24-16-8-6-9-17-24)18-11-12-19-26-21-13-20-25(26)15-7-4-5-10-22-27(28)29-2/h23-26H,3-11,13-18,20-22H2,1-2H3/t23?,25-,26-/m0/s1. The number of hydrogen-bond acceptors (Lipinski definition) is 2. The van der Waals surface area contributed by atoms with Gasteiger partial charge in [0.25, 0.3) is 0 Å². The molecule has 1 unspecified atom stereocenters. The molecule has 2 fully saturated rings. The third-order valence-electron chi connectivity index (χ3n) is 7.50. The molecular formula is C27H46O2. The zero-order valence-electron chi connectivity index (χ0n) is 19.4. The Labute approximate surface area is 180 Å². The molecule has 0 radical (unpaired) electrons. The van der Waals surface area contributed by atoms with Gasteiger partial charge in [-0.05, 0) is 49.9 Å². The lowest BCUT2D eigenvalue weighted by atomic mass is 9.76. The van der Waals surface area contributed by atoms with Crippen LogP contribution in [0.5, 0.6) is 0 Å². The molecule has 3 atom stereocenters. The highest BCUT2D eigenvalue weighted by Gasteiger charge is 2.25. The van der Waals surface area contributed by atoms with Gasteiger partial charge in [-0.25, -0.2) is 0 Å². The molecule has 2 rings (SSSR count). The maximum Gasteiger partial charge on any atom is 0.305 e. The van der Waals surface area contributed by atoms with Crippen molar-refractivity contribution in [3.8, 4) is 11.8 Å². The van der Waals surface area contributed by atoms with E-state index < -0.39 is 0 Å². The van der Waals surface area contributed by atoms with Crippen molar-refractivity contribution in [2.24, 2.45) is 23.7 Å². The summed E-state index contributed by atoms with van der Waals surface area (Å²) in [5.74, 6) is 10.6. The minimum Gasteiger partial charge on any atom is -0.469 e. The lowest BCUT2D eigenvalue weighted by Crippen LogP contribution is -2.17. The van der Waals surface area contributed by atoms with Crippen molar-refractivity contribution in [2.45, 2.75) is 122 Å². The van der Waals surface area contributed by atoms with E-state index in [1.54, 1.807) is 0 Å². The Bertz CT molecular complexity index is 494. The zero-order chi connectivity index (χ0) is 20.7. The van der Waals surface area contributed by atoms with E-state index in [4.69, 9.17) is 4.74 Å². The monoisotopic (exact) mass is 402 g/mol. The van der Waals surface area contributed by atoms with Crippen molar-refractivity contribution in [3.05, 3.63) is 0 Å². The third-order valence-corrected chi connectivity index (χ3v) is 7.50. The van der Waals surface area contributed by atoms with Gasteiger partial charge in [0.05, 0.1) is 7.11 Å². The molecule has 0 saturated heterocycles. The molecule has 2 nitrogen and oxygen atoms in total. The Morgan fingerprint density at radius 3 is 2.52 bits per heavy atom. The molecule has 0 heterocycles. The molecule has 0 aliphatic heterocycles. The second kappa shape index (κ2) is 14.9. The summed E-state index contributed by atoms with van der Waals surface area (Å²) in [6, 6.07) is 0. The number of ether oxygens (including phenoxy) is 1. The number of methoxy groups -OCH3 is 1. The zero-order valence-corrected chi connectivity index (χ0v) is 19.4. The van der Waals surface area contributed by atoms with Crippen LogP contribution < -0.4 is 0 Å². The van der Waals surface area contributed by atoms with Crippen LogP contribution in [0.1, 0.15) is 122 Å². The number of unbranched alkanes of at least 4 members (excludes halogenated alkanes) is 3. The van der Waals surface area contributed by atoms with Crippen molar-refractivity contribution in [3.63, 3.8) is 0 Å². The summed E-state index contributed by atoms with van der Waals surface area (Å²) in [7, 11) is 1.48. The van der Waals surface area contributed by atoms with Gasteiger partial charge in [0, 0.05) is 18.8 Å². The molecule has 2 aliphatic carbocycles. The Morgan fingerprint density at radius 2 is 1.76 bits per heavy atom. The van der Waals surface area contributed by atoms with E-state index in [-0.39, 0.29) is 5.97 Å². The van der Waals surface area contributed by atoms with Gasteiger partial charge in [-0.15, -0.1) is 5.92 Å². The first-order valence-electron chi connectivity index (χ1n) is 12.8. The number of hydrogen-bond donors (Lipinski definition) is 0. The van der Waals surface area contributed by atoms with Gasteiger partial charge in [0.1, 0.15) is 0 Å². The fourth-order valence-electron chi connectivity index (χ4n) is 5.76. The first-order chi connectivity index (χ1) is 14.2. The second-order valence-corrected chi connectivity index (χ2v) is 9.63. The smallest absolute Gasteiger partial charge is 0.305 e. The van der Waals surface area contributed by atoms with Gasteiger partial charge in [-0.3, -0.25) is 4.79 Å². The van der Waals surface area contributed by atoms with Crippen LogP contribution in [0.25, 0.3) is 0 Å². The summed E-state index contributed by atoms with van der Waals surface area (Å²) >= 11 is 0. The fourth-order valence-corrected chi connectivity index (χ4v) is 5.76. The molecular weight excluding hydrogens is 356 g/mol. The van der Waals surface area contributed by atoms with Gasteiger partial charge in [-0.2, -0.15) is 0 Å². The van der Waals surface area contributed by atoms with Gasteiger partial charge >= 0.3 is 5.97 Å². The lowest BCUT2D eigenvalue weighted by molar-refractivity contribution is -0.140. The molecule has 166 valence electrons. The number of esters is 1. The molecule has 0 amide bonds. The van der Waals surface area contributed by atoms with Gasteiger partial charge in [-0.1, -0.05) is 83.5 Å². The number of carbonyl (C=O) groups excluding carboxylic acids is 1.